The van der Waals surface area contributed by atoms with Crippen LogP contribution in [0.2, 0.25) is 0 Å². The van der Waals surface area contributed by atoms with Crippen molar-refractivity contribution in [3.63, 3.8) is 0 Å². The lowest BCUT2D eigenvalue weighted by Gasteiger charge is -2.54. The van der Waals surface area contributed by atoms with E-state index in [4.69, 9.17) is 4.74 Å². The molecule has 604 valence electrons. The third kappa shape index (κ3) is 21.4. The van der Waals surface area contributed by atoms with E-state index < -0.39 is 228 Å². The number of ether oxygens (including phenoxy) is 1. The fraction of sp³-hybridized carbons (Fsp3) is 0.658. The maximum Gasteiger partial charge on any atom is 0.422 e. The lowest BCUT2D eigenvalue weighted by atomic mass is 9.58. The fourth-order valence-corrected chi connectivity index (χ4v) is 15.7. The normalized spacial score (nSPS) is 26.3. The highest BCUT2D eigenvalue weighted by Gasteiger charge is 2.59. The van der Waals surface area contributed by atoms with Gasteiger partial charge < -0.3 is 65.2 Å². The van der Waals surface area contributed by atoms with Crippen LogP contribution in [0.25, 0.3) is 0 Å². The van der Waals surface area contributed by atoms with E-state index in [0.29, 0.717) is 57.1 Å². The Kier molecular flexibility index (Phi) is 29.5. The smallest absolute Gasteiger partial charge is 0.377 e. The van der Waals surface area contributed by atoms with Crippen molar-refractivity contribution in [1.82, 2.24) is 60.5 Å². The predicted molar refractivity (Wildman–Crippen MR) is 383 cm³/mol. The second-order valence-corrected chi connectivity index (χ2v) is 30.8. The maximum atomic E-state index is 15.7. The number of carbonyl (C=O) groups excluding carboxylic acids is 12. The number of carbonyl (C=O) groups is 12. The summed E-state index contributed by atoms with van der Waals surface area (Å²) in [4.78, 5) is 189. The minimum absolute atomic E-state index is 0.0137. The predicted octanol–water partition coefficient (Wildman–Crippen LogP) is 6.18. The Morgan fingerprint density at radius 3 is 1.86 bits per heavy atom. The van der Waals surface area contributed by atoms with E-state index in [9.17, 15) is 55.1 Å². The van der Waals surface area contributed by atoms with Gasteiger partial charge in [0, 0.05) is 81.9 Å². The van der Waals surface area contributed by atoms with Crippen LogP contribution in [0.1, 0.15) is 160 Å². The zero-order chi connectivity index (χ0) is 81.1. The number of hydrogen-bond acceptors (Lipinski definition) is 13. The molecule has 12 amide bonds. The number of halogens is 8. The molecule has 7 rings (SSSR count). The van der Waals surface area contributed by atoms with E-state index >= 15 is 37.5 Å². The summed E-state index contributed by atoms with van der Waals surface area (Å²) in [6.07, 6.45) is -7.08. The van der Waals surface area contributed by atoms with Crippen LogP contribution in [-0.2, 0) is 87.5 Å². The largest absolute Gasteiger partial charge is 0.422 e. The zero-order valence-corrected chi connectivity index (χ0v) is 64.4. The van der Waals surface area contributed by atoms with Crippen molar-refractivity contribution in [2.75, 3.05) is 82.1 Å². The summed E-state index contributed by atoms with van der Waals surface area (Å²) in [6.45, 7) is 8.41. The first kappa shape index (κ1) is 87.4. The van der Waals surface area contributed by atoms with Gasteiger partial charge >= 0.3 is 12.4 Å². The molecule has 10 atom stereocenters. The van der Waals surface area contributed by atoms with Crippen LogP contribution in [0, 0.1) is 28.9 Å². The molecule has 4 N–H and O–H groups in total. The molecule has 1 spiro atoms. The quantitative estimate of drug-likeness (QED) is 0.122. The van der Waals surface area contributed by atoms with E-state index in [0.717, 1.165) is 60.7 Å². The van der Waals surface area contributed by atoms with Crippen molar-refractivity contribution in [1.29, 1.82) is 0 Å². The van der Waals surface area contributed by atoms with E-state index in [1.54, 1.807) is 32.9 Å². The number of unbranched alkanes of at least 4 members (excludes halogenated alkanes) is 1. The summed E-state index contributed by atoms with van der Waals surface area (Å²) in [5.41, 5.74) is -5.95. The van der Waals surface area contributed by atoms with Crippen molar-refractivity contribution < 1.29 is 97.4 Å². The van der Waals surface area contributed by atoms with Gasteiger partial charge in [-0.3, -0.25) is 57.5 Å². The SMILES string of the molecule is CCCC[C@@H]1NC(=O)C[C@@H](C(=O)N(C)C)N(C)C(=O)[C@H](C2CCCC2)N(C)C(=O)C2(CC(C)(C)C2)NC(=O)[C@@H]2C[C@@H](OCC)CN2C(=O)[C@H](CCc2cc(F)c(C(F)(F)F)c(F)c2)NC(=O)CN(C)C(=O)[C@H](Cc2ccc(C(F)(F)F)cc2)N2CC/C=C\C[C@@H](C2=O)N(C)C(=O)CN(C)C(=O)[C@H]([C@@H](C)CC)NC1=O. The van der Waals surface area contributed by atoms with E-state index in [-0.39, 0.29) is 63.8 Å². The Bertz CT molecular complexity index is 3670. The van der Waals surface area contributed by atoms with Crippen LogP contribution < -0.4 is 21.3 Å². The fourth-order valence-electron chi connectivity index (χ4n) is 15.7. The average Bonchev–Trinajstić information content (AvgIpc) is 1.01. The molecule has 0 unspecified atom stereocenters. The van der Waals surface area contributed by atoms with Gasteiger partial charge in [-0.1, -0.05) is 91.0 Å². The van der Waals surface area contributed by atoms with Gasteiger partial charge in [0.25, 0.3) is 0 Å². The topological polar surface area (TPSA) is 288 Å². The molecule has 3 aliphatic heterocycles. The number of hydrogen-bond donors (Lipinski definition) is 4. The number of nitrogens with one attached hydrogen (secondary N) is 4. The van der Waals surface area contributed by atoms with Gasteiger partial charge in [0.2, 0.25) is 70.9 Å². The van der Waals surface area contributed by atoms with Crippen LogP contribution in [0.15, 0.2) is 48.6 Å². The molecule has 2 aromatic carbocycles. The molecule has 0 aromatic heterocycles. The highest BCUT2D eigenvalue weighted by atomic mass is 19.4. The molecule has 109 heavy (non-hydrogen) atoms. The Balaban J connectivity index is 1.36. The van der Waals surface area contributed by atoms with Crippen LogP contribution in [0.4, 0.5) is 35.1 Å². The lowest BCUT2D eigenvalue weighted by Crippen LogP contribution is -2.71. The molecule has 33 heteroatoms. The molecule has 2 bridgehead atoms. The number of amides is 12. The minimum atomic E-state index is -5.46. The van der Waals surface area contributed by atoms with Gasteiger partial charge in [-0.05, 0) is 117 Å². The van der Waals surface area contributed by atoms with Gasteiger partial charge in [0.1, 0.15) is 71.1 Å². The highest BCUT2D eigenvalue weighted by Crippen LogP contribution is 2.50. The standard InChI is InChI=1S/C76H106F8N12O13/c1-14-17-25-52-64(100)87-62(44(4)15-2)70(106)91(10)41-60(99)92(11)54-26-19-18-22-33-95(69(54)105)57(36-45-27-30-48(31-28-45)75(79,80)81)68(104)90(9)40-59(98)86-53(32-29-46-34-50(77)61(51(78)35-46)76(82,83)84)66(102)96-39-49(109-16-3)37-55(96)65(101)88-74(42-73(5,6)43-74)72(108)94(13)63(47-23-20-21-24-47)71(107)93(12)56(38-58(97)85-52)67(103)89(7)8/h18-19,27-28,30-31,34-35,44,47,49,52-57,62-63H,14-17,20-26,29,32-33,36-43H2,1-13H3,(H,85,97)(H,86,98)(H,87,100)(H,88,101)/b19-18-/t44-,49+,52-,53-,54-,55-,56-,57-,62-,63-/m0/s1. The van der Waals surface area contributed by atoms with Gasteiger partial charge in [0.15, 0.2) is 0 Å². The van der Waals surface area contributed by atoms with Crippen molar-refractivity contribution in [2.45, 2.75) is 223 Å². The van der Waals surface area contributed by atoms with Crippen molar-refractivity contribution in [3.05, 3.63) is 82.4 Å². The summed E-state index contributed by atoms with van der Waals surface area (Å²) < 4.78 is 120. The van der Waals surface area contributed by atoms with Gasteiger partial charge in [0.05, 0.1) is 31.2 Å². The molecule has 5 aliphatic rings. The molecular weight excluding hydrogens is 1440 g/mol. The number of nitrogens with zero attached hydrogens (tertiary/aromatic N) is 8. The number of likely N-dealkylation sites (N-methyl/N-ethyl adjacent to an activating group) is 6. The van der Waals surface area contributed by atoms with Crippen molar-refractivity contribution in [3.8, 4) is 0 Å². The van der Waals surface area contributed by atoms with E-state index in [1.807, 2.05) is 20.8 Å². The second kappa shape index (κ2) is 36.8. The molecule has 0 radical (unpaired) electrons. The molecule has 4 fully saturated rings. The second-order valence-electron chi connectivity index (χ2n) is 30.8. The molecular formula is C76H106F8N12O13. The Hall–Kier alpha value is -8.78. The first-order valence-electron chi connectivity index (χ1n) is 37.3. The third-order valence-electron chi connectivity index (χ3n) is 21.7. The molecule has 2 saturated heterocycles. The molecule has 25 nitrogen and oxygen atoms in total. The van der Waals surface area contributed by atoms with Gasteiger partial charge in [-0.15, -0.1) is 0 Å². The van der Waals surface area contributed by atoms with Crippen LogP contribution in [0.5, 0.6) is 0 Å². The number of fused-ring (bicyclic) bond motifs is 3. The monoisotopic (exact) mass is 1550 g/mol. The lowest BCUT2D eigenvalue weighted by molar-refractivity contribution is -0.161. The minimum Gasteiger partial charge on any atom is -0.377 e. The van der Waals surface area contributed by atoms with E-state index in [1.165, 1.54) is 52.1 Å². The van der Waals surface area contributed by atoms with Crippen LogP contribution in [0.3, 0.4) is 0 Å². The maximum absolute atomic E-state index is 15.7. The first-order valence-corrected chi connectivity index (χ1v) is 37.3. The average molecular weight is 1550 g/mol. The number of benzene rings is 2. The zero-order valence-electron chi connectivity index (χ0n) is 64.4. The Morgan fingerprint density at radius 1 is 0.679 bits per heavy atom. The summed E-state index contributed by atoms with van der Waals surface area (Å²) in [5, 5.41) is 11.0. The van der Waals surface area contributed by atoms with Crippen molar-refractivity contribution >= 4 is 70.9 Å². The van der Waals surface area contributed by atoms with Crippen LogP contribution in [-0.4, -0.2) is 252 Å². The summed E-state index contributed by atoms with van der Waals surface area (Å²) in [6, 6.07) is -7.40. The summed E-state index contributed by atoms with van der Waals surface area (Å²) in [7, 11) is 9.28. The van der Waals surface area contributed by atoms with Gasteiger partial charge in [-0.25, -0.2) is 8.78 Å². The molecule has 2 aromatic rings. The summed E-state index contributed by atoms with van der Waals surface area (Å²) in [5.74, 6) is -15.3. The number of aryl methyl sites for hydroxylation is 1. The Morgan fingerprint density at radius 2 is 1.29 bits per heavy atom. The highest BCUT2D eigenvalue weighted by molar-refractivity contribution is 6.01. The molecule has 2 saturated carbocycles. The molecule has 2 aliphatic carbocycles. The first-order chi connectivity index (χ1) is 51.0. The number of rotatable bonds is 14. The summed E-state index contributed by atoms with van der Waals surface area (Å²) >= 11 is 0. The van der Waals surface area contributed by atoms with Crippen LogP contribution >= 0.6 is 0 Å². The van der Waals surface area contributed by atoms with Crippen molar-refractivity contribution in [2.24, 2.45) is 17.3 Å². The number of alkyl halides is 6. The third-order valence-corrected chi connectivity index (χ3v) is 21.7. The Labute approximate surface area is 631 Å². The van der Waals surface area contributed by atoms with Gasteiger partial charge in [-0.2, -0.15) is 26.3 Å². The van der Waals surface area contributed by atoms with E-state index in [2.05, 4.69) is 21.3 Å². The molecule has 3 heterocycles.